The number of benzene rings is 3. The third kappa shape index (κ3) is 7.99. The van der Waals surface area contributed by atoms with Gasteiger partial charge in [0.25, 0.3) is 10.0 Å². The highest BCUT2D eigenvalue weighted by atomic mass is 35.5. The lowest BCUT2D eigenvalue weighted by atomic mass is 10.1. The monoisotopic (exact) mass is 585 g/mol. The number of nitrogens with zero attached hydrogens (tertiary/aromatic N) is 2. The summed E-state index contributed by atoms with van der Waals surface area (Å²) in [4.78, 5) is 28.5. The Bertz CT molecular complexity index is 1420. The van der Waals surface area contributed by atoms with Crippen LogP contribution in [0.15, 0.2) is 77.7 Å². The zero-order chi connectivity index (χ0) is 29.7. The molecule has 0 aliphatic heterocycles. The molecular formula is C30H36ClN3O5S. The maximum absolute atomic E-state index is 14.0. The minimum atomic E-state index is -4.14. The Kier molecular flexibility index (Phi) is 9.87. The van der Waals surface area contributed by atoms with Crippen LogP contribution in [0.3, 0.4) is 0 Å². The average Bonchev–Trinajstić information content (AvgIpc) is 2.90. The zero-order valence-electron chi connectivity index (χ0n) is 23.6. The second-order valence-corrected chi connectivity index (χ2v) is 12.9. The molecule has 0 spiro atoms. The van der Waals surface area contributed by atoms with Crippen LogP contribution < -0.4 is 14.4 Å². The Morgan fingerprint density at radius 2 is 1.52 bits per heavy atom. The maximum Gasteiger partial charge on any atom is 0.264 e. The van der Waals surface area contributed by atoms with Crippen LogP contribution in [0.2, 0.25) is 5.02 Å². The van der Waals surface area contributed by atoms with Crippen molar-refractivity contribution in [3.8, 4) is 5.75 Å². The summed E-state index contributed by atoms with van der Waals surface area (Å²) in [7, 11) is -2.58. The fourth-order valence-corrected chi connectivity index (χ4v) is 5.50. The van der Waals surface area contributed by atoms with Gasteiger partial charge in [-0.1, -0.05) is 41.4 Å². The topological polar surface area (TPSA) is 96.0 Å². The second kappa shape index (κ2) is 12.7. The SMILES string of the molecule is COc1ccc(CN(C(=O)CN(c2ccc(Cl)cc2)S(=O)(=O)c2ccc(C)cc2)[C@H](C)C(=O)NC(C)(C)C)cc1. The number of aryl methyl sites for hydroxylation is 1. The van der Waals surface area contributed by atoms with Crippen LogP contribution >= 0.6 is 11.6 Å². The molecule has 0 radical (unpaired) electrons. The number of amides is 2. The quantitative estimate of drug-likeness (QED) is 0.353. The largest absolute Gasteiger partial charge is 0.497 e. The highest BCUT2D eigenvalue weighted by Gasteiger charge is 2.33. The summed E-state index contributed by atoms with van der Waals surface area (Å²) in [6.07, 6.45) is 0. The van der Waals surface area contributed by atoms with E-state index in [0.29, 0.717) is 10.8 Å². The fourth-order valence-electron chi connectivity index (χ4n) is 3.96. The summed E-state index contributed by atoms with van der Waals surface area (Å²) >= 11 is 6.07. The van der Waals surface area contributed by atoms with Crippen molar-refractivity contribution in [2.45, 2.75) is 57.6 Å². The number of hydrogen-bond donors (Lipinski definition) is 1. The maximum atomic E-state index is 14.0. The smallest absolute Gasteiger partial charge is 0.264 e. The van der Waals surface area contributed by atoms with Crippen LogP contribution in [0, 0.1) is 6.92 Å². The average molecular weight is 586 g/mol. The Balaban J connectivity index is 2.02. The normalized spacial score (nSPS) is 12.4. The lowest BCUT2D eigenvalue weighted by Gasteiger charge is -2.33. The number of carbonyl (C=O) groups excluding carboxylic acids is 2. The van der Waals surface area contributed by atoms with Gasteiger partial charge in [-0.3, -0.25) is 13.9 Å². The van der Waals surface area contributed by atoms with Gasteiger partial charge in [-0.25, -0.2) is 8.42 Å². The second-order valence-electron chi connectivity index (χ2n) is 10.6. The number of anilines is 1. The summed E-state index contributed by atoms with van der Waals surface area (Å²) < 4.78 is 34.0. The first kappa shape index (κ1) is 31.0. The number of carbonyl (C=O) groups is 2. The molecule has 0 unspecified atom stereocenters. The van der Waals surface area contributed by atoms with Crippen LogP contribution in [0.1, 0.15) is 38.8 Å². The minimum absolute atomic E-state index is 0.0427. The number of methoxy groups -OCH3 is 1. The molecule has 1 N–H and O–H groups in total. The third-order valence-corrected chi connectivity index (χ3v) is 8.22. The van der Waals surface area contributed by atoms with E-state index in [-0.39, 0.29) is 23.0 Å². The molecule has 0 heterocycles. The highest BCUT2D eigenvalue weighted by Crippen LogP contribution is 2.26. The molecule has 0 fully saturated rings. The first-order chi connectivity index (χ1) is 18.7. The molecule has 40 heavy (non-hydrogen) atoms. The van der Waals surface area contributed by atoms with Crippen LogP contribution in [-0.2, 0) is 26.2 Å². The molecule has 0 aromatic heterocycles. The van der Waals surface area contributed by atoms with Gasteiger partial charge in [-0.05, 0) is 88.7 Å². The van der Waals surface area contributed by atoms with Gasteiger partial charge in [-0.15, -0.1) is 0 Å². The van der Waals surface area contributed by atoms with Gasteiger partial charge in [-0.2, -0.15) is 0 Å². The molecule has 3 aromatic carbocycles. The van der Waals surface area contributed by atoms with Crippen molar-refractivity contribution in [3.63, 3.8) is 0 Å². The van der Waals surface area contributed by atoms with Crippen LogP contribution in [0.5, 0.6) is 5.75 Å². The predicted molar refractivity (Wildman–Crippen MR) is 158 cm³/mol. The number of sulfonamides is 1. The Labute approximate surface area is 241 Å². The van der Waals surface area contributed by atoms with Gasteiger partial charge in [0.2, 0.25) is 11.8 Å². The van der Waals surface area contributed by atoms with E-state index in [9.17, 15) is 18.0 Å². The molecule has 10 heteroatoms. The van der Waals surface area contributed by atoms with Crippen molar-refractivity contribution in [2.75, 3.05) is 18.0 Å². The number of nitrogens with one attached hydrogen (secondary N) is 1. The molecule has 0 saturated heterocycles. The molecule has 3 rings (SSSR count). The molecule has 2 amide bonds. The van der Waals surface area contributed by atoms with Crippen LogP contribution in [-0.4, -0.2) is 50.4 Å². The zero-order valence-corrected chi connectivity index (χ0v) is 25.2. The molecule has 214 valence electrons. The molecule has 3 aromatic rings. The van der Waals surface area contributed by atoms with Gasteiger partial charge >= 0.3 is 0 Å². The van der Waals surface area contributed by atoms with E-state index in [1.807, 2.05) is 27.7 Å². The lowest BCUT2D eigenvalue weighted by molar-refractivity contribution is -0.140. The summed E-state index contributed by atoms with van der Waals surface area (Å²) in [5, 5.41) is 3.34. The molecule has 0 aliphatic rings. The summed E-state index contributed by atoms with van der Waals surface area (Å²) in [5.74, 6) is -0.245. The molecule has 1 atom stereocenters. The lowest BCUT2D eigenvalue weighted by Crippen LogP contribution is -2.54. The number of rotatable bonds is 10. The predicted octanol–water partition coefficient (Wildman–Crippen LogP) is 5.18. The standard InChI is InChI=1S/C30H36ClN3O5S/c1-21-7-17-27(18-8-21)40(37,38)34(25-13-11-24(31)12-14-25)20-28(35)33(22(2)29(36)32-30(3,4)5)19-23-9-15-26(39-6)16-10-23/h7-18,22H,19-20H2,1-6H3,(H,32,36)/t22-/m1/s1. The molecular weight excluding hydrogens is 550 g/mol. The Hall–Kier alpha value is -3.56. The van der Waals surface area contributed by atoms with E-state index in [2.05, 4.69) is 5.32 Å². The minimum Gasteiger partial charge on any atom is -0.497 e. The van der Waals surface area contributed by atoms with E-state index in [4.69, 9.17) is 16.3 Å². The van der Waals surface area contributed by atoms with Gasteiger partial charge in [0.15, 0.2) is 0 Å². The third-order valence-electron chi connectivity index (χ3n) is 6.18. The Morgan fingerprint density at radius 1 is 0.950 bits per heavy atom. The van der Waals surface area contributed by atoms with E-state index < -0.39 is 34.1 Å². The van der Waals surface area contributed by atoms with Crippen molar-refractivity contribution < 1.29 is 22.7 Å². The molecule has 0 saturated carbocycles. The van der Waals surface area contributed by atoms with E-state index in [0.717, 1.165) is 15.4 Å². The molecule has 0 bridgehead atoms. The van der Waals surface area contributed by atoms with E-state index in [1.165, 1.54) is 17.0 Å². The van der Waals surface area contributed by atoms with Crippen molar-refractivity contribution in [1.82, 2.24) is 10.2 Å². The van der Waals surface area contributed by atoms with Crippen LogP contribution in [0.4, 0.5) is 5.69 Å². The number of ether oxygens (including phenoxy) is 1. The fraction of sp³-hybridized carbons (Fsp3) is 0.333. The van der Waals surface area contributed by atoms with Crippen molar-refractivity contribution >= 4 is 39.1 Å². The Morgan fingerprint density at radius 3 is 2.05 bits per heavy atom. The van der Waals surface area contributed by atoms with Gasteiger partial charge in [0.05, 0.1) is 17.7 Å². The van der Waals surface area contributed by atoms with E-state index in [1.54, 1.807) is 74.7 Å². The summed E-state index contributed by atoms with van der Waals surface area (Å²) in [6, 6.07) is 18.9. The van der Waals surface area contributed by atoms with Crippen molar-refractivity contribution in [3.05, 3.63) is 88.9 Å². The first-order valence-corrected chi connectivity index (χ1v) is 14.6. The number of hydrogen-bond acceptors (Lipinski definition) is 5. The summed E-state index contributed by atoms with van der Waals surface area (Å²) in [5.41, 5.74) is 1.40. The van der Waals surface area contributed by atoms with Crippen LogP contribution in [0.25, 0.3) is 0 Å². The summed E-state index contributed by atoms with van der Waals surface area (Å²) in [6.45, 7) is 8.60. The van der Waals surface area contributed by atoms with Crippen molar-refractivity contribution in [1.29, 1.82) is 0 Å². The van der Waals surface area contributed by atoms with Gasteiger partial charge < -0.3 is 15.0 Å². The number of halogens is 1. The first-order valence-electron chi connectivity index (χ1n) is 12.8. The van der Waals surface area contributed by atoms with Gasteiger partial charge in [0, 0.05) is 17.1 Å². The van der Waals surface area contributed by atoms with Gasteiger partial charge in [0.1, 0.15) is 18.3 Å². The molecule has 8 nitrogen and oxygen atoms in total. The molecule has 0 aliphatic carbocycles. The van der Waals surface area contributed by atoms with E-state index >= 15 is 0 Å². The van der Waals surface area contributed by atoms with Crippen molar-refractivity contribution in [2.24, 2.45) is 0 Å². The highest BCUT2D eigenvalue weighted by molar-refractivity contribution is 7.92.